The monoisotopic (exact) mass is 639 g/mol. The summed E-state index contributed by atoms with van der Waals surface area (Å²) in [5.74, 6) is 0.673. The lowest BCUT2D eigenvalue weighted by atomic mass is 9.95. The van der Waals surface area contributed by atoms with Gasteiger partial charge in [-0.3, -0.25) is 0 Å². The molecule has 0 atom stereocenters. The number of hydrogen-bond acceptors (Lipinski definition) is 3. The SMILES string of the molecule is c1ccc(-c2cc(-c3ccccc3)nc(-c3ccc4oc5cccc(-c6cccc7c6c6ccccc6n7-c6ccccc6)c5c4c3)n2)cc1. The van der Waals surface area contributed by atoms with Crippen LogP contribution in [0.25, 0.3) is 94.5 Å². The summed E-state index contributed by atoms with van der Waals surface area (Å²) < 4.78 is 8.88. The third-order valence-corrected chi connectivity index (χ3v) is 9.62. The van der Waals surface area contributed by atoms with Crippen molar-refractivity contribution in [3.8, 4) is 50.7 Å². The van der Waals surface area contributed by atoms with Gasteiger partial charge in [-0.2, -0.15) is 0 Å². The fraction of sp³-hybridized carbons (Fsp3) is 0. The van der Waals surface area contributed by atoms with E-state index in [1.54, 1.807) is 0 Å². The van der Waals surface area contributed by atoms with E-state index in [2.05, 4.69) is 144 Å². The molecule has 3 aromatic heterocycles. The first kappa shape index (κ1) is 28.3. The maximum atomic E-state index is 6.52. The minimum Gasteiger partial charge on any atom is -0.456 e. The van der Waals surface area contributed by atoms with Crippen LogP contribution in [0.3, 0.4) is 0 Å². The molecule has 0 amide bonds. The molecule has 0 unspecified atom stereocenters. The van der Waals surface area contributed by atoms with Crippen LogP contribution in [0.4, 0.5) is 0 Å². The summed E-state index contributed by atoms with van der Waals surface area (Å²) in [7, 11) is 0. The zero-order valence-electron chi connectivity index (χ0n) is 27.0. The van der Waals surface area contributed by atoms with Gasteiger partial charge >= 0.3 is 0 Å². The Morgan fingerprint density at radius 3 is 1.72 bits per heavy atom. The van der Waals surface area contributed by atoms with Crippen molar-refractivity contribution < 1.29 is 4.42 Å². The van der Waals surface area contributed by atoms with Crippen molar-refractivity contribution in [1.29, 1.82) is 0 Å². The molecule has 0 bridgehead atoms. The Kier molecular flexibility index (Phi) is 6.46. The zero-order valence-corrected chi connectivity index (χ0v) is 27.0. The number of nitrogens with zero attached hydrogens (tertiary/aromatic N) is 3. The van der Waals surface area contributed by atoms with Crippen LogP contribution in [0.1, 0.15) is 0 Å². The van der Waals surface area contributed by atoms with Gasteiger partial charge < -0.3 is 8.98 Å². The Morgan fingerprint density at radius 1 is 0.400 bits per heavy atom. The zero-order chi connectivity index (χ0) is 33.0. The fourth-order valence-electron chi connectivity index (χ4n) is 7.38. The number of rotatable bonds is 5. The molecule has 0 aliphatic rings. The van der Waals surface area contributed by atoms with Crippen molar-refractivity contribution in [2.75, 3.05) is 0 Å². The number of para-hydroxylation sites is 2. The van der Waals surface area contributed by atoms with Crippen molar-refractivity contribution in [3.05, 3.63) is 176 Å². The van der Waals surface area contributed by atoms with Gasteiger partial charge in [0, 0.05) is 43.9 Å². The summed E-state index contributed by atoms with van der Waals surface area (Å²) in [6.45, 7) is 0. The molecular formula is C46H29N3O. The van der Waals surface area contributed by atoms with Crippen LogP contribution in [0, 0.1) is 0 Å². The highest BCUT2D eigenvalue weighted by atomic mass is 16.3. The van der Waals surface area contributed by atoms with Crippen LogP contribution in [-0.2, 0) is 0 Å². The van der Waals surface area contributed by atoms with Crippen LogP contribution in [0.15, 0.2) is 180 Å². The second-order valence-corrected chi connectivity index (χ2v) is 12.6. The van der Waals surface area contributed by atoms with Crippen molar-refractivity contribution in [2.24, 2.45) is 0 Å². The van der Waals surface area contributed by atoms with E-state index in [1.165, 1.54) is 27.4 Å². The van der Waals surface area contributed by atoms with Gasteiger partial charge in [0.1, 0.15) is 11.2 Å². The van der Waals surface area contributed by atoms with Gasteiger partial charge in [-0.25, -0.2) is 9.97 Å². The second kappa shape index (κ2) is 11.4. The fourth-order valence-corrected chi connectivity index (χ4v) is 7.38. The highest BCUT2D eigenvalue weighted by molar-refractivity contribution is 6.21. The molecule has 7 aromatic carbocycles. The molecular weight excluding hydrogens is 611 g/mol. The first-order chi connectivity index (χ1) is 24.8. The first-order valence-corrected chi connectivity index (χ1v) is 16.8. The average molecular weight is 640 g/mol. The van der Waals surface area contributed by atoms with E-state index in [0.717, 1.165) is 61.3 Å². The Balaban J connectivity index is 1.21. The lowest BCUT2D eigenvalue weighted by molar-refractivity contribution is 0.669. The van der Waals surface area contributed by atoms with Gasteiger partial charge in [0.15, 0.2) is 5.82 Å². The summed E-state index contributed by atoms with van der Waals surface area (Å²) >= 11 is 0. The largest absolute Gasteiger partial charge is 0.456 e. The topological polar surface area (TPSA) is 43.9 Å². The molecule has 10 rings (SSSR count). The van der Waals surface area contributed by atoms with E-state index >= 15 is 0 Å². The van der Waals surface area contributed by atoms with Crippen LogP contribution >= 0.6 is 0 Å². The second-order valence-electron chi connectivity index (χ2n) is 12.6. The van der Waals surface area contributed by atoms with E-state index < -0.39 is 0 Å². The van der Waals surface area contributed by atoms with Gasteiger partial charge in [0.25, 0.3) is 0 Å². The molecule has 0 fully saturated rings. The maximum Gasteiger partial charge on any atom is 0.160 e. The molecule has 4 nitrogen and oxygen atoms in total. The summed E-state index contributed by atoms with van der Waals surface area (Å²) in [4.78, 5) is 10.2. The summed E-state index contributed by atoms with van der Waals surface area (Å²) in [5, 5.41) is 4.55. The van der Waals surface area contributed by atoms with E-state index in [0.29, 0.717) is 5.82 Å². The Bertz CT molecular complexity index is 2800. The predicted octanol–water partition coefficient (Wildman–Crippen LogP) is 12.1. The van der Waals surface area contributed by atoms with Crippen LogP contribution in [0.5, 0.6) is 0 Å². The summed E-state index contributed by atoms with van der Waals surface area (Å²) in [5.41, 5.74) is 12.3. The Morgan fingerprint density at radius 2 is 1.00 bits per heavy atom. The number of benzene rings is 7. The predicted molar refractivity (Wildman–Crippen MR) is 205 cm³/mol. The summed E-state index contributed by atoms with van der Waals surface area (Å²) in [6.07, 6.45) is 0. The highest BCUT2D eigenvalue weighted by Gasteiger charge is 2.20. The number of aromatic nitrogens is 3. The van der Waals surface area contributed by atoms with E-state index in [1.807, 2.05) is 36.4 Å². The van der Waals surface area contributed by atoms with Gasteiger partial charge in [-0.1, -0.05) is 121 Å². The van der Waals surface area contributed by atoms with Crippen LogP contribution in [-0.4, -0.2) is 14.5 Å². The highest BCUT2D eigenvalue weighted by Crippen LogP contribution is 2.43. The van der Waals surface area contributed by atoms with Gasteiger partial charge in [0.05, 0.1) is 22.4 Å². The summed E-state index contributed by atoms with van der Waals surface area (Å²) in [6, 6.07) is 61.2. The number of fused-ring (bicyclic) bond motifs is 6. The molecule has 10 aromatic rings. The first-order valence-electron chi connectivity index (χ1n) is 16.8. The molecule has 234 valence electrons. The van der Waals surface area contributed by atoms with Gasteiger partial charge in [-0.15, -0.1) is 0 Å². The molecule has 0 N–H and O–H groups in total. The third kappa shape index (κ3) is 4.54. The number of furan rings is 1. The van der Waals surface area contributed by atoms with Crippen LogP contribution in [0.2, 0.25) is 0 Å². The molecule has 0 radical (unpaired) electrons. The minimum absolute atomic E-state index is 0.673. The molecule has 50 heavy (non-hydrogen) atoms. The third-order valence-electron chi connectivity index (χ3n) is 9.62. The Labute approximate surface area is 288 Å². The molecule has 0 spiro atoms. The molecule has 0 saturated heterocycles. The van der Waals surface area contributed by atoms with E-state index in [-0.39, 0.29) is 0 Å². The van der Waals surface area contributed by atoms with Crippen molar-refractivity contribution in [1.82, 2.24) is 14.5 Å². The minimum atomic E-state index is 0.673. The van der Waals surface area contributed by atoms with Gasteiger partial charge in [-0.05, 0) is 65.7 Å². The quantitative estimate of drug-likeness (QED) is 0.188. The van der Waals surface area contributed by atoms with Crippen molar-refractivity contribution in [3.63, 3.8) is 0 Å². The standard InChI is InChI=1S/C46H29N3O/c1-4-14-30(15-5-1)38-29-39(31-16-6-2-7-17-31)48-46(47-38)32-26-27-42-37(28-32)45-35(22-13-25-43(45)50-42)34-21-12-24-41-44(34)36-20-10-11-23-40(36)49(41)33-18-8-3-9-19-33/h1-29H. The van der Waals surface area contributed by atoms with Crippen LogP contribution < -0.4 is 0 Å². The van der Waals surface area contributed by atoms with Crippen molar-refractivity contribution >= 4 is 43.7 Å². The normalized spacial score (nSPS) is 11.6. The lowest BCUT2D eigenvalue weighted by Gasteiger charge is -2.10. The smallest absolute Gasteiger partial charge is 0.160 e. The van der Waals surface area contributed by atoms with E-state index in [4.69, 9.17) is 14.4 Å². The lowest BCUT2D eigenvalue weighted by Crippen LogP contribution is -1.95. The molecule has 0 aliphatic carbocycles. The van der Waals surface area contributed by atoms with Gasteiger partial charge in [0.2, 0.25) is 0 Å². The molecule has 0 saturated carbocycles. The average Bonchev–Trinajstić information content (AvgIpc) is 3.74. The maximum absolute atomic E-state index is 6.52. The molecule has 3 heterocycles. The molecule has 4 heteroatoms. The molecule has 0 aliphatic heterocycles. The Hall–Kier alpha value is -6.78. The number of hydrogen-bond donors (Lipinski definition) is 0. The van der Waals surface area contributed by atoms with Crippen molar-refractivity contribution in [2.45, 2.75) is 0 Å². The van der Waals surface area contributed by atoms with E-state index in [9.17, 15) is 0 Å².